The number of hydrogen-bond donors (Lipinski definition) is 1. The molecule has 4 nitrogen and oxygen atoms in total. The Morgan fingerprint density at radius 1 is 1.29 bits per heavy atom. The number of aromatic nitrogens is 2. The predicted octanol–water partition coefficient (Wildman–Crippen LogP) is 3.49. The van der Waals surface area contributed by atoms with Gasteiger partial charge in [-0.2, -0.15) is 0 Å². The van der Waals surface area contributed by atoms with E-state index in [0.717, 1.165) is 24.6 Å². The maximum atomic E-state index is 5.73. The second kappa shape index (κ2) is 8.44. The van der Waals surface area contributed by atoms with E-state index in [1.165, 1.54) is 32.1 Å². The third-order valence-electron chi connectivity index (χ3n) is 4.18. The van der Waals surface area contributed by atoms with Gasteiger partial charge in [-0.15, -0.1) is 0 Å². The zero-order valence-electron chi connectivity index (χ0n) is 13.6. The molecule has 1 fully saturated rings. The molecule has 0 saturated heterocycles. The van der Waals surface area contributed by atoms with Crippen LogP contribution in [0.2, 0.25) is 0 Å². The van der Waals surface area contributed by atoms with E-state index in [1.54, 1.807) is 7.11 Å². The molecule has 0 spiro atoms. The maximum Gasteiger partial charge on any atom is 0.157 e. The fourth-order valence-corrected chi connectivity index (χ4v) is 3.08. The molecule has 1 atom stereocenters. The van der Waals surface area contributed by atoms with E-state index in [1.807, 2.05) is 12.3 Å². The summed E-state index contributed by atoms with van der Waals surface area (Å²) in [5.41, 5.74) is 1.05. The highest BCUT2D eigenvalue weighted by Crippen LogP contribution is 2.35. The minimum atomic E-state index is 0.0512. The third-order valence-corrected chi connectivity index (χ3v) is 4.18. The smallest absolute Gasteiger partial charge is 0.157 e. The van der Waals surface area contributed by atoms with Crippen LogP contribution in [0.15, 0.2) is 12.3 Å². The Morgan fingerprint density at radius 2 is 2.05 bits per heavy atom. The van der Waals surface area contributed by atoms with Crippen molar-refractivity contribution in [3.8, 4) is 0 Å². The normalized spacial score (nSPS) is 18.1. The fraction of sp³-hybridized carbons (Fsp3) is 0.765. The number of rotatable bonds is 7. The second-order valence-corrected chi connectivity index (χ2v) is 6.49. The summed E-state index contributed by atoms with van der Waals surface area (Å²) in [6.45, 7) is 6.23. The molecule has 1 saturated carbocycles. The Hall–Kier alpha value is -1.00. The van der Waals surface area contributed by atoms with Gasteiger partial charge in [-0.1, -0.05) is 33.1 Å². The van der Waals surface area contributed by atoms with Crippen molar-refractivity contribution in [1.82, 2.24) is 15.3 Å². The quantitative estimate of drug-likeness (QED) is 0.835. The summed E-state index contributed by atoms with van der Waals surface area (Å²) in [6, 6.07) is 1.99. The Balaban J connectivity index is 2.00. The molecule has 1 N–H and O–H groups in total. The van der Waals surface area contributed by atoms with Gasteiger partial charge in [-0.25, -0.2) is 9.97 Å². The standard InChI is InChI=1S/C17H29N3O/c1-13(2)11-18-12-15-9-10-19-17(20-15)16(21-3)14-7-5-4-6-8-14/h9-10,13-14,16,18H,4-8,11-12H2,1-3H3. The van der Waals surface area contributed by atoms with E-state index in [4.69, 9.17) is 9.72 Å². The molecule has 4 heteroatoms. The van der Waals surface area contributed by atoms with Crippen LogP contribution in [0.25, 0.3) is 0 Å². The van der Waals surface area contributed by atoms with Crippen molar-refractivity contribution in [2.75, 3.05) is 13.7 Å². The second-order valence-electron chi connectivity index (χ2n) is 6.49. The molecule has 1 aliphatic rings. The van der Waals surface area contributed by atoms with Crippen molar-refractivity contribution in [2.24, 2.45) is 11.8 Å². The van der Waals surface area contributed by atoms with Crippen LogP contribution in [0.5, 0.6) is 0 Å². The van der Waals surface area contributed by atoms with Gasteiger partial charge in [0.2, 0.25) is 0 Å². The lowest BCUT2D eigenvalue weighted by Gasteiger charge is -2.28. The summed E-state index contributed by atoms with van der Waals surface area (Å²) in [4.78, 5) is 9.18. The highest BCUT2D eigenvalue weighted by molar-refractivity contribution is 5.05. The summed E-state index contributed by atoms with van der Waals surface area (Å²) >= 11 is 0. The Bertz CT molecular complexity index is 416. The molecule has 0 bridgehead atoms. The van der Waals surface area contributed by atoms with Gasteiger partial charge in [0, 0.05) is 19.9 Å². The third kappa shape index (κ3) is 5.04. The highest BCUT2D eigenvalue weighted by Gasteiger charge is 2.27. The summed E-state index contributed by atoms with van der Waals surface area (Å²) in [6.07, 6.45) is 8.35. The molecule has 1 aromatic rings. The average molecular weight is 291 g/mol. The Morgan fingerprint density at radius 3 is 2.71 bits per heavy atom. The van der Waals surface area contributed by atoms with Crippen LogP contribution in [0.4, 0.5) is 0 Å². The molecular weight excluding hydrogens is 262 g/mol. The number of nitrogens with zero attached hydrogens (tertiary/aromatic N) is 2. The first-order chi connectivity index (χ1) is 10.2. The van der Waals surface area contributed by atoms with Gasteiger partial charge in [0.05, 0.1) is 5.69 Å². The average Bonchev–Trinajstić information content (AvgIpc) is 2.49. The van der Waals surface area contributed by atoms with E-state index in [0.29, 0.717) is 11.8 Å². The molecule has 118 valence electrons. The van der Waals surface area contributed by atoms with Crippen LogP contribution in [-0.4, -0.2) is 23.6 Å². The van der Waals surface area contributed by atoms with Gasteiger partial charge in [0.25, 0.3) is 0 Å². The molecular formula is C17H29N3O. The zero-order chi connectivity index (χ0) is 15.1. The van der Waals surface area contributed by atoms with E-state index >= 15 is 0 Å². The van der Waals surface area contributed by atoms with Crippen molar-refractivity contribution >= 4 is 0 Å². The first-order valence-electron chi connectivity index (χ1n) is 8.26. The summed E-state index contributed by atoms with van der Waals surface area (Å²) in [7, 11) is 1.78. The van der Waals surface area contributed by atoms with Crippen molar-refractivity contribution < 1.29 is 4.74 Å². The molecule has 1 aromatic heterocycles. The van der Waals surface area contributed by atoms with Crippen LogP contribution < -0.4 is 5.32 Å². The van der Waals surface area contributed by atoms with E-state index in [-0.39, 0.29) is 6.10 Å². The summed E-state index contributed by atoms with van der Waals surface area (Å²) < 4.78 is 5.73. The van der Waals surface area contributed by atoms with Crippen LogP contribution >= 0.6 is 0 Å². The number of nitrogens with one attached hydrogen (secondary N) is 1. The molecule has 1 heterocycles. The predicted molar refractivity (Wildman–Crippen MR) is 84.9 cm³/mol. The Labute approximate surface area is 128 Å². The van der Waals surface area contributed by atoms with Crippen LogP contribution in [0.1, 0.15) is 63.6 Å². The minimum absolute atomic E-state index is 0.0512. The van der Waals surface area contributed by atoms with Gasteiger partial charge in [-0.3, -0.25) is 0 Å². The first kappa shape index (κ1) is 16.4. The highest BCUT2D eigenvalue weighted by atomic mass is 16.5. The van der Waals surface area contributed by atoms with Crippen molar-refractivity contribution in [3.63, 3.8) is 0 Å². The maximum absolute atomic E-state index is 5.73. The number of hydrogen-bond acceptors (Lipinski definition) is 4. The number of ether oxygens (including phenoxy) is 1. The van der Waals surface area contributed by atoms with Gasteiger partial charge in [-0.05, 0) is 37.3 Å². The number of methoxy groups -OCH3 is 1. The van der Waals surface area contributed by atoms with E-state index < -0.39 is 0 Å². The lowest BCUT2D eigenvalue weighted by atomic mass is 9.85. The first-order valence-corrected chi connectivity index (χ1v) is 8.26. The molecule has 0 aromatic carbocycles. The van der Waals surface area contributed by atoms with Crippen molar-refractivity contribution in [3.05, 3.63) is 23.8 Å². The van der Waals surface area contributed by atoms with Crippen molar-refractivity contribution in [1.29, 1.82) is 0 Å². The van der Waals surface area contributed by atoms with Crippen LogP contribution in [-0.2, 0) is 11.3 Å². The SMILES string of the molecule is COC(c1nccc(CNCC(C)C)n1)C1CCCCC1. The van der Waals surface area contributed by atoms with Gasteiger partial charge >= 0.3 is 0 Å². The topological polar surface area (TPSA) is 47.0 Å². The Kier molecular flexibility index (Phi) is 6.58. The fourth-order valence-electron chi connectivity index (χ4n) is 3.08. The molecule has 0 aliphatic heterocycles. The van der Waals surface area contributed by atoms with E-state index in [9.17, 15) is 0 Å². The zero-order valence-corrected chi connectivity index (χ0v) is 13.6. The molecule has 0 radical (unpaired) electrons. The molecule has 2 rings (SSSR count). The minimum Gasteiger partial charge on any atom is -0.373 e. The molecule has 0 amide bonds. The van der Waals surface area contributed by atoms with E-state index in [2.05, 4.69) is 24.1 Å². The van der Waals surface area contributed by atoms with Crippen molar-refractivity contribution in [2.45, 2.75) is 58.6 Å². The largest absolute Gasteiger partial charge is 0.373 e. The summed E-state index contributed by atoms with van der Waals surface area (Å²) in [5, 5.41) is 3.43. The molecule has 1 unspecified atom stereocenters. The lowest BCUT2D eigenvalue weighted by molar-refractivity contribution is 0.0287. The van der Waals surface area contributed by atoms with Crippen LogP contribution in [0.3, 0.4) is 0 Å². The van der Waals surface area contributed by atoms with Crippen LogP contribution in [0, 0.1) is 11.8 Å². The van der Waals surface area contributed by atoms with Gasteiger partial charge in [0.15, 0.2) is 5.82 Å². The molecule has 21 heavy (non-hydrogen) atoms. The molecule has 1 aliphatic carbocycles. The van der Waals surface area contributed by atoms with Gasteiger partial charge < -0.3 is 10.1 Å². The lowest BCUT2D eigenvalue weighted by Crippen LogP contribution is -2.22. The van der Waals surface area contributed by atoms with Gasteiger partial charge in [0.1, 0.15) is 6.10 Å². The summed E-state index contributed by atoms with van der Waals surface area (Å²) in [5.74, 6) is 2.08. The monoisotopic (exact) mass is 291 g/mol.